The van der Waals surface area contributed by atoms with Gasteiger partial charge >= 0.3 is 18.2 Å². The molecule has 86 valence electrons. The quantitative estimate of drug-likeness (QED) is 0.797. The summed E-state index contributed by atoms with van der Waals surface area (Å²) < 4.78 is 53.2. The van der Waals surface area contributed by atoms with Crippen molar-refractivity contribution in [3.63, 3.8) is 0 Å². The second-order valence-electron chi connectivity index (χ2n) is 3.57. The molecule has 1 heterocycles. The molecule has 0 aliphatic rings. The third-order valence-electron chi connectivity index (χ3n) is 1.56. The maximum absolute atomic E-state index is 12.7. The van der Waals surface area contributed by atoms with Crippen LogP contribution in [0.5, 0.6) is 0 Å². The predicted molar refractivity (Wildman–Crippen MR) is 41.4 cm³/mol. The molecule has 0 amide bonds. The van der Waals surface area contributed by atoms with Gasteiger partial charge in [-0.05, 0) is 13.8 Å². The number of hydrogen-bond acceptors (Lipinski definition) is 4. The largest absolute Gasteiger partial charge is 0.383 e. The molecule has 4 nitrogen and oxygen atoms in total. The Morgan fingerprint density at radius 2 is 1.87 bits per heavy atom. The van der Waals surface area contributed by atoms with E-state index in [1.165, 1.54) is 13.8 Å². The Bertz CT molecular complexity index is 344. The summed E-state index contributed by atoms with van der Waals surface area (Å²) in [4.78, 5) is 3.14. The number of nitrogens with zero attached hydrogens (tertiary/aromatic N) is 2. The minimum absolute atomic E-state index is 0.252. The van der Waals surface area contributed by atoms with Crippen LogP contribution in [0.4, 0.5) is 17.6 Å². The summed E-state index contributed by atoms with van der Waals surface area (Å²) in [6.07, 6.45) is -3.90. The second kappa shape index (κ2) is 3.44. The highest BCUT2D eigenvalue weighted by atomic mass is 19.3. The number of halogens is 4. The van der Waals surface area contributed by atoms with Gasteiger partial charge in [-0.25, -0.2) is 8.78 Å². The van der Waals surface area contributed by atoms with Crippen molar-refractivity contribution in [1.29, 1.82) is 0 Å². The van der Waals surface area contributed by atoms with E-state index in [9.17, 15) is 17.6 Å². The minimum atomic E-state index is -4.45. The van der Waals surface area contributed by atoms with E-state index in [1.807, 2.05) is 0 Å². The fraction of sp³-hybridized carbons (Fsp3) is 0.714. The molecule has 0 atom stereocenters. The Morgan fingerprint density at radius 1 is 1.33 bits per heavy atom. The van der Waals surface area contributed by atoms with Gasteiger partial charge in [-0.2, -0.15) is 13.8 Å². The van der Waals surface area contributed by atoms with Gasteiger partial charge in [-0.3, -0.25) is 0 Å². The fourth-order valence-corrected chi connectivity index (χ4v) is 0.714. The molecule has 0 radical (unpaired) electrons. The first-order chi connectivity index (χ1) is 6.65. The Hall–Kier alpha value is -1.18. The predicted octanol–water partition coefficient (Wildman–Crippen LogP) is 1.62. The number of aromatic nitrogens is 2. The number of nitrogens with two attached hydrogens (primary N) is 1. The molecule has 0 aliphatic carbocycles. The molecule has 0 aliphatic heterocycles. The zero-order chi connectivity index (χ0) is 11.9. The lowest BCUT2D eigenvalue weighted by Gasteiger charge is -2.12. The summed E-state index contributed by atoms with van der Waals surface area (Å²) in [6, 6.07) is 0. The molecule has 0 spiro atoms. The molecule has 0 fully saturated rings. The van der Waals surface area contributed by atoms with Crippen LogP contribution in [0, 0.1) is 0 Å². The van der Waals surface area contributed by atoms with Gasteiger partial charge in [-0.15, -0.1) is 0 Å². The van der Waals surface area contributed by atoms with Crippen molar-refractivity contribution in [2.24, 2.45) is 5.73 Å². The van der Waals surface area contributed by atoms with Crippen LogP contribution in [-0.4, -0.2) is 16.6 Å². The summed E-state index contributed by atoms with van der Waals surface area (Å²) >= 11 is 0. The van der Waals surface area contributed by atoms with Crippen molar-refractivity contribution in [1.82, 2.24) is 10.1 Å². The number of hydrogen-bond donors (Lipinski definition) is 1. The third-order valence-corrected chi connectivity index (χ3v) is 1.56. The molecule has 1 aromatic heterocycles. The van der Waals surface area contributed by atoms with Crippen LogP contribution in [0.1, 0.15) is 25.6 Å². The first kappa shape index (κ1) is 11.9. The van der Waals surface area contributed by atoms with Gasteiger partial charge in [0.1, 0.15) is 0 Å². The monoisotopic (exact) mass is 227 g/mol. The molecule has 0 saturated heterocycles. The summed E-state index contributed by atoms with van der Waals surface area (Å²) in [5, 5.41) is 3.11. The molecule has 1 rings (SSSR count). The lowest BCUT2D eigenvalue weighted by molar-refractivity contribution is -0.152. The first-order valence-electron chi connectivity index (χ1n) is 3.95. The molecule has 0 aromatic carbocycles. The van der Waals surface area contributed by atoms with Gasteiger partial charge in [0, 0.05) is 0 Å². The summed E-state index contributed by atoms with van der Waals surface area (Å²) in [6.45, 7) is 2.87. The van der Waals surface area contributed by atoms with Gasteiger partial charge in [0.15, 0.2) is 5.82 Å². The smallest absolute Gasteiger partial charge is 0.332 e. The molecule has 0 bridgehead atoms. The van der Waals surface area contributed by atoms with Crippen molar-refractivity contribution < 1.29 is 22.1 Å². The molecule has 0 unspecified atom stereocenters. The summed E-state index contributed by atoms with van der Waals surface area (Å²) in [5.41, 5.74) is 4.35. The molecule has 2 N–H and O–H groups in total. The normalized spacial score (nSPS) is 13.6. The zero-order valence-corrected chi connectivity index (χ0v) is 7.97. The van der Waals surface area contributed by atoms with Gasteiger partial charge in [-0.1, -0.05) is 5.16 Å². The standard InChI is InChI=1S/C7H9F4N3O/c1-6(2,12)4-13-5(15-14-4)7(10,11)3(8)9/h3H,12H2,1-2H3. The maximum Gasteiger partial charge on any atom is 0.383 e. The van der Waals surface area contributed by atoms with E-state index in [2.05, 4.69) is 14.7 Å². The zero-order valence-electron chi connectivity index (χ0n) is 7.97. The summed E-state index contributed by atoms with van der Waals surface area (Å²) in [7, 11) is 0. The van der Waals surface area contributed by atoms with Crippen LogP contribution in [-0.2, 0) is 11.5 Å². The lowest BCUT2D eigenvalue weighted by Crippen LogP contribution is -2.31. The van der Waals surface area contributed by atoms with Crippen LogP contribution in [0.3, 0.4) is 0 Å². The van der Waals surface area contributed by atoms with E-state index in [4.69, 9.17) is 5.73 Å². The van der Waals surface area contributed by atoms with Crippen molar-refractivity contribution >= 4 is 0 Å². The first-order valence-corrected chi connectivity index (χ1v) is 3.95. The average molecular weight is 227 g/mol. The van der Waals surface area contributed by atoms with Crippen molar-refractivity contribution in [3.05, 3.63) is 11.7 Å². The lowest BCUT2D eigenvalue weighted by atomic mass is 10.1. The Kier molecular flexibility index (Phi) is 2.73. The maximum atomic E-state index is 12.7. The van der Waals surface area contributed by atoms with E-state index in [1.54, 1.807) is 0 Å². The minimum Gasteiger partial charge on any atom is -0.332 e. The van der Waals surface area contributed by atoms with E-state index >= 15 is 0 Å². The van der Waals surface area contributed by atoms with Crippen molar-refractivity contribution in [2.75, 3.05) is 0 Å². The third kappa shape index (κ3) is 2.25. The molecule has 15 heavy (non-hydrogen) atoms. The summed E-state index contributed by atoms with van der Waals surface area (Å²) in [5.74, 6) is -6.12. The van der Waals surface area contributed by atoms with Gasteiger partial charge < -0.3 is 10.3 Å². The van der Waals surface area contributed by atoms with Crippen LogP contribution in [0.25, 0.3) is 0 Å². The van der Waals surface area contributed by atoms with Crippen LogP contribution >= 0.6 is 0 Å². The van der Waals surface area contributed by atoms with E-state index in [-0.39, 0.29) is 5.82 Å². The van der Waals surface area contributed by atoms with Crippen LogP contribution in [0.2, 0.25) is 0 Å². The van der Waals surface area contributed by atoms with Gasteiger partial charge in [0.05, 0.1) is 5.54 Å². The Balaban J connectivity index is 3.04. The highest BCUT2D eigenvalue weighted by molar-refractivity contribution is 5.02. The Morgan fingerprint density at radius 3 is 2.20 bits per heavy atom. The number of rotatable bonds is 3. The highest BCUT2D eigenvalue weighted by Gasteiger charge is 2.49. The topological polar surface area (TPSA) is 64.9 Å². The molecule has 1 aromatic rings. The number of alkyl halides is 4. The Labute approximate surface area is 82.4 Å². The van der Waals surface area contributed by atoms with Crippen LogP contribution in [0.15, 0.2) is 4.52 Å². The van der Waals surface area contributed by atoms with E-state index < -0.39 is 23.8 Å². The molecule has 0 saturated carbocycles. The second-order valence-corrected chi connectivity index (χ2v) is 3.57. The molecular formula is C7H9F4N3O. The fourth-order valence-electron chi connectivity index (χ4n) is 0.714. The van der Waals surface area contributed by atoms with E-state index in [0.717, 1.165) is 0 Å². The molecular weight excluding hydrogens is 218 g/mol. The molecule has 8 heteroatoms. The van der Waals surface area contributed by atoms with E-state index in [0.29, 0.717) is 0 Å². The van der Waals surface area contributed by atoms with Crippen LogP contribution < -0.4 is 5.73 Å². The average Bonchev–Trinajstić information content (AvgIpc) is 2.50. The van der Waals surface area contributed by atoms with Crippen molar-refractivity contribution in [2.45, 2.75) is 31.7 Å². The highest BCUT2D eigenvalue weighted by Crippen LogP contribution is 2.33. The van der Waals surface area contributed by atoms with Gasteiger partial charge in [0.25, 0.3) is 0 Å². The van der Waals surface area contributed by atoms with Gasteiger partial charge in [0.2, 0.25) is 0 Å². The van der Waals surface area contributed by atoms with Crippen molar-refractivity contribution in [3.8, 4) is 0 Å². The SMILES string of the molecule is CC(C)(N)c1noc(C(F)(F)C(F)F)n1.